The van der Waals surface area contributed by atoms with Gasteiger partial charge in [-0.1, -0.05) is 25.1 Å². The number of nitrogens with zero attached hydrogens (tertiary/aromatic N) is 1. The predicted molar refractivity (Wildman–Crippen MR) is 76.2 cm³/mol. The van der Waals surface area contributed by atoms with Crippen LogP contribution in [0.15, 0.2) is 18.2 Å². The van der Waals surface area contributed by atoms with Gasteiger partial charge in [-0.05, 0) is 49.3 Å². The lowest BCUT2D eigenvalue weighted by molar-refractivity contribution is -0.126. The van der Waals surface area contributed by atoms with Crippen molar-refractivity contribution in [3.63, 3.8) is 0 Å². The third-order valence-electron chi connectivity index (χ3n) is 4.74. The zero-order valence-electron chi connectivity index (χ0n) is 12.0. The number of carbonyl (C=O) groups excluding carboxylic acids is 2. The average Bonchev–Trinajstić information content (AvgIpc) is 2.97. The van der Waals surface area contributed by atoms with Crippen LogP contribution in [0.3, 0.4) is 0 Å². The molecule has 0 bridgehead atoms. The Hall–Kier alpha value is -1.84. The van der Waals surface area contributed by atoms with Crippen molar-refractivity contribution in [1.29, 1.82) is 0 Å². The molecule has 1 heterocycles. The van der Waals surface area contributed by atoms with Gasteiger partial charge < -0.3 is 4.90 Å². The number of hydrogen-bond donors (Lipinski definition) is 1. The first kappa shape index (κ1) is 13.2. The second-order valence-corrected chi connectivity index (χ2v) is 5.93. The van der Waals surface area contributed by atoms with Gasteiger partial charge in [0, 0.05) is 6.54 Å². The lowest BCUT2D eigenvalue weighted by Crippen LogP contribution is -2.45. The normalized spacial score (nSPS) is 25.0. The van der Waals surface area contributed by atoms with E-state index in [0.717, 1.165) is 18.4 Å². The van der Waals surface area contributed by atoms with Crippen molar-refractivity contribution in [1.82, 2.24) is 10.2 Å². The molecular formula is C16H20N2O2. The van der Waals surface area contributed by atoms with Gasteiger partial charge in [0.1, 0.15) is 5.54 Å². The highest BCUT2D eigenvalue weighted by molar-refractivity contribution is 6.06. The Labute approximate surface area is 119 Å². The van der Waals surface area contributed by atoms with Crippen LogP contribution in [-0.2, 0) is 24.2 Å². The number of aryl methyl sites for hydroxylation is 2. The number of urea groups is 1. The molecule has 0 spiro atoms. The van der Waals surface area contributed by atoms with E-state index in [2.05, 4.69) is 23.5 Å². The third-order valence-corrected chi connectivity index (χ3v) is 4.74. The first-order valence-electron chi connectivity index (χ1n) is 7.28. The van der Waals surface area contributed by atoms with Crippen molar-refractivity contribution in [3.05, 3.63) is 34.9 Å². The van der Waals surface area contributed by atoms with E-state index in [4.69, 9.17) is 0 Å². The third kappa shape index (κ3) is 1.90. The summed E-state index contributed by atoms with van der Waals surface area (Å²) in [6.45, 7) is 4.27. The molecule has 1 N–H and O–H groups in total. The summed E-state index contributed by atoms with van der Waals surface area (Å²) >= 11 is 0. The number of rotatable bonds is 3. The molecule has 4 heteroatoms. The van der Waals surface area contributed by atoms with E-state index in [9.17, 15) is 9.59 Å². The van der Waals surface area contributed by atoms with Gasteiger partial charge in [-0.15, -0.1) is 0 Å². The van der Waals surface area contributed by atoms with E-state index < -0.39 is 5.54 Å². The van der Waals surface area contributed by atoms with Crippen LogP contribution in [0.25, 0.3) is 0 Å². The Morgan fingerprint density at radius 2 is 2.00 bits per heavy atom. The molecule has 1 aromatic carbocycles. The Kier molecular flexibility index (Phi) is 3.04. The van der Waals surface area contributed by atoms with Gasteiger partial charge in [-0.25, -0.2) is 4.79 Å². The van der Waals surface area contributed by atoms with E-state index in [1.54, 1.807) is 4.90 Å². The summed E-state index contributed by atoms with van der Waals surface area (Å²) in [5.74, 6) is -0.189. The van der Waals surface area contributed by atoms with Crippen LogP contribution in [0.2, 0.25) is 0 Å². The minimum atomic E-state index is -0.726. The van der Waals surface area contributed by atoms with Crippen LogP contribution in [0.4, 0.5) is 4.79 Å². The fraction of sp³-hybridized carbons (Fsp3) is 0.500. The lowest BCUT2D eigenvalue weighted by Gasteiger charge is -2.30. The Bertz CT molecular complexity index is 582. The van der Waals surface area contributed by atoms with Gasteiger partial charge in [-0.3, -0.25) is 10.1 Å². The second kappa shape index (κ2) is 4.62. The largest absolute Gasteiger partial charge is 0.325 e. The molecular weight excluding hydrogens is 252 g/mol. The number of fused-ring (bicyclic) bond motifs is 1. The Balaban J connectivity index is 1.86. The molecule has 1 aliphatic carbocycles. The van der Waals surface area contributed by atoms with Gasteiger partial charge >= 0.3 is 6.03 Å². The molecule has 2 aliphatic rings. The summed E-state index contributed by atoms with van der Waals surface area (Å²) in [5, 5.41) is 2.43. The summed E-state index contributed by atoms with van der Waals surface area (Å²) in [7, 11) is 0. The SMILES string of the molecule is CCC1(C)C(=O)NC(=O)N1Cc1ccc2c(c1)CCC2. The number of hydrogen-bond acceptors (Lipinski definition) is 2. The maximum atomic E-state index is 12.0. The van der Waals surface area contributed by atoms with Gasteiger partial charge in [0.15, 0.2) is 0 Å². The van der Waals surface area contributed by atoms with Crippen molar-refractivity contribution >= 4 is 11.9 Å². The minimum Gasteiger partial charge on any atom is -0.306 e. The van der Waals surface area contributed by atoms with Gasteiger partial charge in [0.2, 0.25) is 0 Å². The molecule has 0 radical (unpaired) electrons. The lowest BCUT2D eigenvalue weighted by atomic mass is 9.96. The van der Waals surface area contributed by atoms with Crippen molar-refractivity contribution in [2.75, 3.05) is 0 Å². The first-order valence-corrected chi connectivity index (χ1v) is 7.28. The monoisotopic (exact) mass is 272 g/mol. The molecule has 4 nitrogen and oxygen atoms in total. The number of nitrogens with one attached hydrogen (secondary N) is 1. The van der Waals surface area contributed by atoms with Crippen LogP contribution in [0, 0.1) is 0 Å². The van der Waals surface area contributed by atoms with E-state index in [1.807, 2.05) is 13.8 Å². The van der Waals surface area contributed by atoms with Crippen molar-refractivity contribution in [2.24, 2.45) is 0 Å². The highest BCUT2D eigenvalue weighted by Crippen LogP contribution is 2.29. The summed E-state index contributed by atoms with van der Waals surface area (Å²) < 4.78 is 0. The molecule has 1 aliphatic heterocycles. The number of amides is 3. The molecule has 1 aromatic rings. The molecule has 1 atom stereocenters. The van der Waals surface area contributed by atoms with E-state index in [-0.39, 0.29) is 11.9 Å². The number of imide groups is 1. The molecule has 20 heavy (non-hydrogen) atoms. The maximum Gasteiger partial charge on any atom is 0.325 e. The molecule has 0 aromatic heterocycles. The predicted octanol–water partition coefficient (Wildman–Crippen LogP) is 2.40. The fourth-order valence-electron chi connectivity index (χ4n) is 3.15. The fourth-order valence-corrected chi connectivity index (χ4v) is 3.15. The van der Waals surface area contributed by atoms with Crippen LogP contribution in [-0.4, -0.2) is 22.4 Å². The Morgan fingerprint density at radius 1 is 1.25 bits per heavy atom. The molecule has 3 amide bonds. The first-order chi connectivity index (χ1) is 9.54. The zero-order valence-corrected chi connectivity index (χ0v) is 12.0. The quantitative estimate of drug-likeness (QED) is 0.859. The van der Waals surface area contributed by atoms with Crippen LogP contribution < -0.4 is 5.32 Å². The highest BCUT2D eigenvalue weighted by Gasteiger charge is 2.47. The summed E-state index contributed by atoms with van der Waals surface area (Å²) in [6.07, 6.45) is 4.12. The highest BCUT2D eigenvalue weighted by atomic mass is 16.2. The standard InChI is InChI=1S/C16H20N2O2/c1-3-16(2)14(19)17-15(20)18(16)10-11-7-8-12-5-4-6-13(12)9-11/h7-9H,3-6,10H2,1-2H3,(H,17,19,20). The molecule has 3 rings (SSSR count). The summed E-state index contributed by atoms with van der Waals surface area (Å²) in [5.41, 5.74) is 3.20. The maximum absolute atomic E-state index is 12.0. The molecule has 1 unspecified atom stereocenters. The van der Waals surface area contributed by atoms with Crippen LogP contribution >= 0.6 is 0 Å². The molecule has 1 fully saturated rings. The minimum absolute atomic E-state index is 0.189. The average molecular weight is 272 g/mol. The molecule has 106 valence electrons. The van der Waals surface area contributed by atoms with E-state index in [0.29, 0.717) is 13.0 Å². The van der Waals surface area contributed by atoms with Gasteiger partial charge in [0.25, 0.3) is 5.91 Å². The van der Waals surface area contributed by atoms with Crippen molar-refractivity contribution < 1.29 is 9.59 Å². The molecule has 0 saturated carbocycles. The Morgan fingerprint density at radius 3 is 2.75 bits per heavy atom. The van der Waals surface area contributed by atoms with Crippen molar-refractivity contribution in [2.45, 2.75) is 51.6 Å². The smallest absolute Gasteiger partial charge is 0.306 e. The van der Waals surface area contributed by atoms with Crippen molar-refractivity contribution in [3.8, 4) is 0 Å². The van der Waals surface area contributed by atoms with Gasteiger partial charge in [0.05, 0.1) is 0 Å². The van der Waals surface area contributed by atoms with E-state index >= 15 is 0 Å². The van der Waals surface area contributed by atoms with Crippen LogP contribution in [0.1, 0.15) is 43.4 Å². The summed E-state index contributed by atoms with van der Waals surface area (Å²) in [4.78, 5) is 25.6. The van der Waals surface area contributed by atoms with Crippen LogP contribution in [0.5, 0.6) is 0 Å². The number of carbonyl (C=O) groups is 2. The van der Waals surface area contributed by atoms with Gasteiger partial charge in [-0.2, -0.15) is 0 Å². The topological polar surface area (TPSA) is 49.4 Å². The molecule has 1 saturated heterocycles. The summed E-state index contributed by atoms with van der Waals surface area (Å²) in [6, 6.07) is 6.15. The second-order valence-electron chi connectivity index (χ2n) is 5.93. The zero-order chi connectivity index (χ0) is 14.3. The van der Waals surface area contributed by atoms with E-state index in [1.165, 1.54) is 17.5 Å². The number of benzene rings is 1.